The molecule has 15 heavy (non-hydrogen) atoms. The van der Waals surface area contributed by atoms with Crippen molar-refractivity contribution < 1.29 is 9.53 Å². The molecule has 1 aliphatic rings. The van der Waals surface area contributed by atoms with Crippen molar-refractivity contribution in [3.8, 4) is 0 Å². The highest BCUT2D eigenvalue weighted by Gasteiger charge is 2.13. The van der Waals surface area contributed by atoms with Crippen LogP contribution in [0.3, 0.4) is 0 Å². The Morgan fingerprint density at radius 2 is 2.07 bits per heavy atom. The lowest BCUT2D eigenvalue weighted by Gasteiger charge is -2.22. The maximum atomic E-state index is 11.3. The molecule has 0 amide bonds. The van der Waals surface area contributed by atoms with Crippen molar-refractivity contribution in [3.05, 3.63) is 0 Å². The standard InChI is InChI=1S/C12H23NO2/c1-2-3-9-15-12(14)10-13-11-7-5-4-6-8-11/h11,13H,2-10H2,1H3. The third kappa shape index (κ3) is 5.78. The molecular formula is C12H23NO2. The van der Waals surface area contributed by atoms with E-state index >= 15 is 0 Å². The molecule has 0 bridgehead atoms. The van der Waals surface area contributed by atoms with E-state index in [0.29, 0.717) is 19.2 Å². The Morgan fingerprint density at radius 3 is 2.73 bits per heavy atom. The van der Waals surface area contributed by atoms with Gasteiger partial charge >= 0.3 is 5.97 Å². The summed E-state index contributed by atoms with van der Waals surface area (Å²) in [5, 5.41) is 3.27. The average molecular weight is 213 g/mol. The Morgan fingerprint density at radius 1 is 1.33 bits per heavy atom. The molecule has 0 spiro atoms. The third-order valence-corrected chi connectivity index (χ3v) is 2.90. The van der Waals surface area contributed by atoms with Crippen LogP contribution in [0.5, 0.6) is 0 Å². The van der Waals surface area contributed by atoms with Crippen molar-refractivity contribution in [2.24, 2.45) is 0 Å². The van der Waals surface area contributed by atoms with Crippen molar-refractivity contribution in [2.75, 3.05) is 13.2 Å². The Kier molecular flexibility index (Phi) is 6.41. The number of esters is 1. The maximum Gasteiger partial charge on any atom is 0.319 e. The fourth-order valence-corrected chi connectivity index (χ4v) is 1.92. The van der Waals surface area contributed by atoms with Gasteiger partial charge in [-0.25, -0.2) is 0 Å². The van der Waals surface area contributed by atoms with Crippen LogP contribution >= 0.6 is 0 Å². The van der Waals surface area contributed by atoms with Crippen LogP contribution in [0.1, 0.15) is 51.9 Å². The van der Waals surface area contributed by atoms with E-state index in [4.69, 9.17) is 4.74 Å². The van der Waals surface area contributed by atoms with Gasteiger partial charge in [-0.05, 0) is 19.3 Å². The van der Waals surface area contributed by atoms with Crippen molar-refractivity contribution >= 4 is 5.97 Å². The summed E-state index contributed by atoms with van der Waals surface area (Å²) in [4.78, 5) is 11.3. The first-order valence-corrected chi connectivity index (χ1v) is 6.22. The SMILES string of the molecule is CCCCOC(=O)CNC1CCCCC1. The first-order chi connectivity index (χ1) is 7.33. The monoisotopic (exact) mass is 213 g/mol. The van der Waals surface area contributed by atoms with Gasteiger partial charge in [-0.1, -0.05) is 32.6 Å². The minimum absolute atomic E-state index is 0.103. The number of hydrogen-bond acceptors (Lipinski definition) is 3. The molecule has 0 aromatic carbocycles. The third-order valence-electron chi connectivity index (χ3n) is 2.90. The molecule has 88 valence electrons. The van der Waals surface area contributed by atoms with Gasteiger partial charge in [0.15, 0.2) is 0 Å². The van der Waals surface area contributed by atoms with Gasteiger partial charge in [0.2, 0.25) is 0 Å². The number of nitrogens with one attached hydrogen (secondary N) is 1. The van der Waals surface area contributed by atoms with E-state index in [1.165, 1.54) is 32.1 Å². The minimum atomic E-state index is -0.103. The lowest BCUT2D eigenvalue weighted by molar-refractivity contribution is -0.142. The lowest BCUT2D eigenvalue weighted by atomic mass is 9.96. The molecule has 0 unspecified atom stereocenters. The fraction of sp³-hybridized carbons (Fsp3) is 0.917. The van der Waals surface area contributed by atoms with Crippen LogP contribution in [-0.2, 0) is 9.53 Å². The minimum Gasteiger partial charge on any atom is -0.465 e. The van der Waals surface area contributed by atoms with Crippen LogP contribution in [-0.4, -0.2) is 25.2 Å². The summed E-state index contributed by atoms with van der Waals surface area (Å²) in [6.07, 6.45) is 8.40. The molecule has 3 nitrogen and oxygen atoms in total. The van der Waals surface area contributed by atoms with Gasteiger partial charge < -0.3 is 10.1 Å². The van der Waals surface area contributed by atoms with E-state index in [1.807, 2.05) is 0 Å². The van der Waals surface area contributed by atoms with E-state index in [1.54, 1.807) is 0 Å². The summed E-state index contributed by atoms with van der Waals surface area (Å²) in [5.41, 5.74) is 0. The highest BCUT2D eigenvalue weighted by Crippen LogP contribution is 2.16. The molecule has 0 heterocycles. The van der Waals surface area contributed by atoms with E-state index < -0.39 is 0 Å². The Balaban J connectivity index is 2.00. The van der Waals surface area contributed by atoms with E-state index in [-0.39, 0.29) is 5.97 Å². The van der Waals surface area contributed by atoms with E-state index in [2.05, 4.69) is 12.2 Å². The van der Waals surface area contributed by atoms with Gasteiger partial charge in [0, 0.05) is 6.04 Å². The molecule has 0 aromatic rings. The second-order valence-corrected chi connectivity index (χ2v) is 4.29. The van der Waals surface area contributed by atoms with Crippen LogP contribution < -0.4 is 5.32 Å². The first-order valence-electron chi connectivity index (χ1n) is 6.22. The van der Waals surface area contributed by atoms with Gasteiger partial charge in [0.25, 0.3) is 0 Å². The molecule has 0 atom stereocenters. The van der Waals surface area contributed by atoms with Crippen molar-refractivity contribution in [1.82, 2.24) is 5.32 Å². The van der Waals surface area contributed by atoms with Crippen LogP contribution in [0.25, 0.3) is 0 Å². The zero-order chi connectivity index (χ0) is 10.9. The predicted molar refractivity (Wildman–Crippen MR) is 60.7 cm³/mol. The quantitative estimate of drug-likeness (QED) is 0.543. The Bertz CT molecular complexity index is 176. The number of carbonyl (C=O) groups is 1. The first kappa shape index (κ1) is 12.5. The van der Waals surface area contributed by atoms with Crippen LogP contribution in [0.15, 0.2) is 0 Å². The van der Waals surface area contributed by atoms with Crippen molar-refractivity contribution in [3.63, 3.8) is 0 Å². The number of hydrogen-bond donors (Lipinski definition) is 1. The number of carbonyl (C=O) groups excluding carboxylic acids is 1. The zero-order valence-corrected chi connectivity index (χ0v) is 9.76. The summed E-state index contributed by atoms with van der Waals surface area (Å²) in [6, 6.07) is 0.539. The maximum absolute atomic E-state index is 11.3. The van der Waals surface area contributed by atoms with Gasteiger partial charge in [-0.3, -0.25) is 4.79 Å². The highest BCUT2D eigenvalue weighted by molar-refractivity contribution is 5.71. The molecule has 1 saturated carbocycles. The molecule has 1 fully saturated rings. The van der Waals surface area contributed by atoms with Gasteiger partial charge in [0.05, 0.1) is 13.2 Å². The Hall–Kier alpha value is -0.570. The summed E-state index contributed by atoms with van der Waals surface area (Å²) in [5.74, 6) is -0.103. The molecular weight excluding hydrogens is 190 g/mol. The molecule has 0 radical (unpaired) electrons. The summed E-state index contributed by atoms with van der Waals surface area (Å²) < 4.78 is 5.07. The highest BCUT2D eigenvalue weighted by atomic mass is 16.5. The second-order valence-electron chi connectivity index (χ2n) is 4.29. The summed E-state index contributed by atoms with van der Waals surface area (Å²) >= 11 is 0. The molecule has 0 aromatic heterocycles. The molecule has 0 saturated heterocycles. The van der Waals surface area contributed by atoms with Crippen LogP contribution in [0.4, 0.5) is 0 Å². The largest absolute Gasteiger partial charge is 0.465 e. The van der Waals surface area contributed by atoms with Gasteiger partial charge in [0.1, 0.15) is 0 Å². The molecule has 1 aliphatic carbocycles. The topological polar surface area (TPSA) is 38.3 Å². The zero-order valence-electron chi connectivity index (χ0n) is 9.76. The number of unbranched alkanes of at least 4 members (excludes halogenated alkanes) is 1. The number of ether oxygens (including phenoxy) is 1. The number of rotatable bonds is 6. The smallest absolute Gasteiger partial charge is 0.319 e. The molecule has 0 aliphatic heterocycles. The summed E-state index contributed by atoms with van der Waals surface area (Å²) in [6.45, 7) is 3.05. The Labute approximate surface area is 92.6 Å². The molecule has 1 rings (SSSR count). The van der Waals surface area contributed by atoms with E-state index in [9.17, 15) is 4.79 Å². The second kappa shape index (κ2) is 7.69. The van der Waals surface area contributed by atoms with Crippen LogP contribution in [0, 0.1) is 0 Å². The van der Waals surface area contributed by atoms with Crippen molar-refractivity contribution in [1.29, 1.82) is 0 Å². The predicted octanol–water partition coefficient (Wildman–Crippen LogP) is 2.25. The van der Waals surface area contributed by atoms with Crippen LogP contribution in [0.2, 0.25) is 0 Å². The van der Waals surface area contributed by atoms with Crippen molar-refractivity contribution in [2.45, 2.75) is 57.9 Å². The normalized spacial score (nSPS) is 17.7. The summed E-state index contributed by atoms with van der Waals surface area (Å²) in [7, 11) is 0. The van der Waals surface area contributed by atoms with E-state index in [0.717, 1.165) is 12.8 Å². The van der Waals surface area contributed by atoms with Gasteiger partial charge in [-0.2, -0.15) is 0 Å². The molecule has 1 N–H and O–H groups in total. The lowest BCUT2D eigenvalue weighted by Crippen LogP contribution is -2.35. The fourth-order valence-electron chi connectivity index (χ4n) is 1.92. The average Bonchev–Trinajstić information content (AvgIpc) is 2.28. The molecule has 3 heteroatoms. The van der Waals surface area contributed by atoms with Gasteiger partial charge in [-0.15, -0.1) is 0 Å².